The Morgan fingerprint density at radius 1 is 1.62 bits per heavy atom. The molecule has 1 atom stereocenters. The standard InChI is InChI=1S/C11H16N4O/c1-8-6-13-11(15-8)14-7-9-3-4-12-10(5-9)16-2/h3-5,8H,6-7H2,1-2H3,(H2,13,14,15). The van der Waals surface area contributed by atoms with Crippen molar-refractivity contribution in [3.05, 3.63) is 23.9 Å². The van der Waals surface area contributed by atoms with Crippen LogP contribution < -0.4 is 15.4 Å². The Kier molecular flexibility index (Phi) is 3.24. The van der Waals surface area contributed by atoms with E-state index >= 15 is 0 Å². The lowest BCUT2D eigenvalue weighted by Crippen LogP contribution is -2.37. The van der Waals surface area contributed by atoms with Gasteiger partial charge in [-0.2, -0.15) is 0 Å². The third-order valence-electron chi connectivity index (χ3n) is 2.37. The molecule has 0 saturated heterocycles. The molecule has 0 radical (unpaired) electrons. The summed E-state index contributed by atoms with van der Waals surface area (Å²) in [4.78, 5) is 8.38. The maximum Gasteiger partial charge on any atom is 0.213 e. The van der Waals surface area contributed by atoms with E-state index in [2.05, 4.69) is 27.5 Å². The van der Waals surface area contributed by atoms with E-state index in [1.54, 1.807) is 13.3 Å². The Bertz CT molecular complexity index is 391. The zero-order valence-corrected chi connectivity index (χ0v) is 9.53. The highest BCUT2D eigenvalue weighted by molar-refractivity contribution is 5.81. The summed E-state index contributed by atoms with van der Waals surface area (Å²) in [6.07, 6.45) is 1.74. The average Bonchev–Trinajstić information content (AvgIpc) is 2.73. The van der Waals surface area contributed by atoms with Gasteiger partial charge in [0.15, 0.2) is 5.96 Å². The molecule has 0 aromatic carbocycles. The van der Waals surface area contributed by atoms with Crippen molar-refractivity contribution in [1.82, 2.24) is 15.6 Å². The van der Waals surface area contributed by atoms with Crippen LogP contribution in [0.1, 0.15) is 12.5 Å². The topological polar surface area (TPSA) is 58.5 Å². The second-order valence-corrected chi connectivity index (χ2v) is 3.79. The number of aliphatic imine (C=N–C) groups is 1. The molecule has 2 N–H and O–H groups in total. The number of rotatable bonds is 3. The molecule has 5 heteroatoms. The fourth-order valence-electron chi connectivity index (χ4n) is 1.52. The molecule has 16 heavy (non-hydrogen) atoms. The fraction of sp³-hybridized carbons (Fsp3) is 0.455. The Labute approximate surface area is 94.9 Å². The molecule has 1 aliphatic heterocycles. The highest BCUT2D eigenvalue weighted by Gasteiger charge is 2.11. The van der Waals surface area contributed by atoms with Crippen molar-refractivity contribution >= 4 is 5.96 Å². The highest BCUT2D eigenvalue weighted by Crippen LogP contribution is 2.08. The number of ether oxygens (including phenoxy) is 1. The highest BCUT2D eigenvalue weighted by atomic mass is 16.5. The number of hydrogen-bond acceptors (Lipinski definition) is 5. The van der Waals surface area contributed by atoms with Crippen LogP contribution in [0, 0.1) is 0 Å². The summed E-state index contributed by atoms with van der Waals surface area (Å²) in [5.41, 5.74) is 1.12. The van der Waals surface area contributed by atoms with Gasteiger partial charge in [0.1, 0.15) is 0 Å². The molecule has 1 unspecified atom stereocenters. The first-order chi connectivity index (χ1) is 7.78. The smallest absolute Gasteiger partial charge is 0.213 e. The predicted molar refractivity (Wildman–Crippen MR) is 62.5 cm³/mol. The molecule has 0 spiro atoms. The molecule has 86 valence electrons. The molecule has 0 fully saturated rings. The molecule has 1 aromatic heterocycles. The number of nitrogens with one attached hydrogen (secondary N) is 2. The Morgan fingerprint density at radius 3 is 3.19 bits per heavy atom. The Hall–Kier alpha value is -1.78. The summed E-state index contributed by atoms with van der Waals surface area (Å²) in [5.74, 6) is 1.50. The quantitative estimate of drug-likeness (QED) is 0.780. The molecule has 2 heterocycles. The minimum Gasteiger partial charge on any atom is -0.481 e. The summed E-state index contributed by atoms with van der Waals surface area (Å²) >= 11 is 0. The number of hydrogen-bond donors (Lipinski definition) is 2. The summed E-state index contributed by atoms with van der Waals surface area (Å²) < 4.78 is 5.06. The zero-order valence-electron chi connectivity index (χ0n) is 9.53. The van der Waals surface area contributed by atoms with Gasteiger partial charge in [-0.15, -0.1) is 0 Å². The minimum absolute atomic E-state index is 0.425. The second-order valence-electron chi connectivity index (χ2n) is 3.79. The van der Waals surface area contributed by atoms with Gasteiger partial charge in [-0.05, 0) is 18.6 Å². The molecule has 0 bridgehead atoms. The van der Waals surface area contributed by atoms with Gasteiger partial charge in [0.05, 0.1) is 13.7 Å². The van der Waals surface area contributed by atoms with Crippen LogP contribution in [0.2, 0.25) is 0 Å². The third-order valence-corrected chi connectivity index (χ3v) is 2.37. The van der Waals surface area contributed by atoms with Crippen molar-refractivity contribution in [1.29, 1.82) is 0 Å². The predicted octanol–water partition coefficient (Wildman–Crippen LogP) is 0.527. The molecular formula is C11H16N4O. The van der Waals surface area contributed by atoms with Crippen LogP contribution in [0.3, 0.4) is 0 Å². The summed E-state index contributed by atoms with van der Waals surface area (Å²) in [6, 6.07) is 4.29. The summed E-state index contributed by atoms with van der Waals surface area (Å²) in [6.45, 7) is 3.66. The third kappa shape index (κ3) is 2.62. The van der Waals surface area contributed by atoms with E-state index in [1.165, 1.54) is 0 Å². The fourth-order valence-corrected chi connectivity index (χ4v) is 1.52. The van der Waals surface area contributed by atoms with Crippen LogP contribution in [0.15, 0.2) is 23.3 Å². The normalized spacial score (nSPS) is 18.9. The van der Waals surface area contributed by atoms with Crippen LogP contribution >= 0.6 is 0 Å². The SMILES string of the molecule is COc1cc(CNC2=NCC(C)N2)ccn1. The molecular weight excluding hydrogens is 204 g/mol. The molecule has 1 aliphatic rings. The summed E-state index contributed by atoms with van der Waals surface area (Å²) in [7, 11) is 1.61. The van der Waals surface area contributed by atoms with Gasteiger partial charge in [-0.25, -0.2) is 4.98 Å². The first-order valence-electron chi connectivity index (χ1n) is 5.31. The van der Waals surface area contributed by atoms with Gasteiger partial charge < -0.3 is 15.4 Å². The second kappa shape index (κ2) is 4.83. The van der Waals surface area contributed by atoms with Gasteiger partial charge in [0.2, 0.25) is 5.88 Å². The van der Waals surface area contributed by atoms with Crippen LogP contribution in [-0.4, -0.2) is 30.6 Å². The van der Waals surface area contributed by atoms with E-state index in [0.717, 1.165) is 24.6 Å². The number of guanidine groups is 1. The van der Waals surface area contributed by atoms with E-state index in [-0.39, 0.29) is 0 Å². The van der Waals surface area contributed by atoms with Crippen molar-refractivity contribution in [2.75, 3.05) is 13.7 Å². The lowest BCUT2D eigenvalue weighted by molar-refractivity contribution is 0.397. The number of nitrogens with zero attached hydrogens (tertiary/aromatic N) is 2. The van der Waals surface area contributed by atoms with Crippen molar-refractivity contribution < 1.29 is 4.74 Å². The van der Waals surface area contributed by atoms with Crippen LogP contribution in [0.25, 0.3) is 0 Å². The van der Waals surface area contributed by atoms with Crippen LogP contribution in [-0.2, 0) is 6.54 Å². The minimum atomic E-state index is 0.425. The van der Waals surface area contributed by atoms with E-state index in [9.17, 15) is 0 Å². The van der Waals surface area contributed by atoms with E-state index in [1.807, 2.05) is 12.1 Å². The maximum atomic E-state index is 5.06. The monoisotopic (exact) mass is 220 g/mol. The van der Waals surface area contributed by atoms with Crippen molar-refractivity contribution in [3.8, 4) is 5.88 Å². The van der Waals surface area contributed by atoms with Gasteiger partial charge in [0.25, 0.3) is 0 Å². The van der Waals surface area contributed by atoms with Crippen molar-refractivity contribution in [2.45, 2.75) is 19.5 Å². The first kappa shape index (κ1) is 10.7. The van der Waals surface area contributed by atoms with Gasteiger partial charge in [0, 0.05) is 24.8 Å². The Morgan fingerprint density at radius 2 is 2.50 bits per heavy atom. The van der Waals surface area contributed by atoms with E-state index < -0.39 is 0 Å². The average molecular weight is 220 g/mol. The zero-order chi connectivity index (χ0) is 11.4. The number of methoxy groups -OCH3 is 1. The molecule has 2 rings (SSSR count). The molecule has 0 aliphatic carbocycles. The number of aromatic nitrogens is 1. The van der Waals surface area contributed by atoms with Gasteiger partial charge in [-0.1, -0.05) is 0 Å². The van der Waals surface area contributed by atoms with E-state index in [4.69, 9.17) is 4.74 Å². The Balaban J connectivity index is 1.89. The van der Waals surface area contributed by atoms with Crippen LogP contribution in [0.4, 0.5) is 0 Å². The van der Waals surface area contributed by atoms with Crippen molar-refractivity contribution in [2.24, 2.45) is 4.99 Å². The van der Waals surface area contributed by atoms with Gasteiger partial charge in [-0.3, -0.25) is 4.99 Å². The molecule has 5 nitrogen and oxygen atoms in total. The lowest BCUT2D eigenvalue weighted by atomic mass is 10.2. The maximum absolute atomic E-state index is 5.06. The van der Waals surface area contributed by atoms with E-state index in [0.29, 0.717) is 11.9 Å². The van der Waals surface area contributed by atoms with Crippen LogP contribution in [0.5, 0.6) is 5.88 Å². The van der Waals surface area contributed by atoms with Crippen molar-refractivity contribution in [3.63, 3.8) is 0 Å². The lowest BCUT2D eigenvalue weighted by Gasteiger charge is -2.09. The summed E-state index contributed by atoms with van der Waals surface area (Å²) in [5, 5.41) is 6.48. The molecule has 0 saturated carbocycles. The largest absolute Gasteiger partial charge is 0.481 e. The molecule has 1 aromatic rings. The number of pyridine rings is 1. The molecule has 0 amide bonds. The van der Waals surface area contributed by atoms with Gasteiger partial charge >= 0.3 is 0 Å². The first-order valence-corrected chi connectivity index (χ1v) is 5.31.